The van der Waals surface area contributed by atoms with Gasteiger partial charge in [0.25, 0.3) is 0 Å². The fraction of sp³-hybridized carbons (Fsp3) is 0.333. The van der Waals surface area contributed by atoms with Crippen LogP contribution in [-0.4, -0.2) is 35.8 Å². The molecule has 0 bridgehead atoms. The quantitative estimate of drug-likeness (QED) is 0.692. The number of anilines is 3. The van der Waals surface area contributed by atoms with Crippen LogP contribution in [-0.2, 0) is 9.84 Å². The molecule has 7 nitrogen and oxygen atoms in total. The Morgan fingerprint density at radius 1 is 1.27 bits per heavy atom. The van der Waals surface area contributed by atoms with Crippen molar-refractivity contribution in [2.75, 3.05) is 23.4 Å². The monoisotopic (exact) mass is 371 g/mol. The van der Waals surface area contributed by atoms with Crippen molar-refractivity contribution in [3.8, 4) is 0 Å². The third kappa shape index (κ3) is 3.24. The number of aromatic nitrogens is 3. The van der Waals surface area contributed by atoms with E-state index in [1.807, 2.05) is 25.3 Å². The minimum Gasteiger partial charge on any atom is -0.370 e. The molecule has 0 radical (unpaired) electrons. The Balaban J connectivity index is 1.78. The number of hydrogen-bond acceptors (Lipinski definition) is 6. The van der Waals surface area contributed by atoms with E-state index in [9.17, 15) is 8.42 Å². The third-order valence-corrected chi connectivity index (χ3v) is 5.52. The molecule has 0 spiro atoms. The first-order chi connectivity index (χ1) is 12.5. The summed E-state index contributed by atoms with van der Waals surface area (Å²) in [6.07, 6.45) is 5.44. The zero-order valence-corrected chi connectivity index (χ0v) is 15.5. The van der Waals surface area contributed by atoms with Gasteiger partial charge in [0.15, 0.2) is 15.5 Å². The molecule has 2 N–H and O–H groups in total. The maximum atomic E-state index is 11.8. The van der Waals surface area contributed by atoms with Gasteiger partial charge in [-0.05, 0) is 43.9 Å². The highest BCUT2D eigenvalue weighted by molar-refractivity contribution is 7.90. The molecule has 1 aromatic carbocycles. The van der Waals surface area contributed by atoms with Crippen molar-refractivity contribution in [2.24, 2.45) is 0 Å². The number of hydrogen-bond donors (Lipinski definition) is 2. The number of nitrogens with one attached hydrogen (secondary N) is 2. The van der Waals surface area contributed by atoms with Crippen LogP contribution in [0.25, 0.3) is 5.65 Å². The first-order valence-electron chi connectivity index (χ1n) is 8.65. The zero-order valence-electron chi connectivity index (χ0n) is 14.7. The normalized spacial score (nSPS) is 14.5. The highest BCUT2D eigenvalue weighted by Crippen LogP contribution is 2.42. The van der Waals surface area contributed by atoms with Crippen LogP contribution in [0.3, 0.4) is 0 Å². The van der Waals surface area contributed by atoms with E-state index in [0.29, 0.717) is 11.6 Å². The van der Waals surface area contributed by atoms with Crippen LogP contribution in [0.2, 0.25) is 0 Å². The Labute approximate surface area is 152 Å². The Morgan fingerprint density at radius 2 is 2.08 bits per heavy atom. The van der Waals surface area contributed by atoms with E-state index in [2.05, 4.69) is 15.7 Å². The van der Waals surface area contributed by atoms with Gasteiger partial charge >= 0.3 is 0 Å². The van der Waals surface area contributed by atoms with Crippen molar-refractivity contribution < 1.29 is 8.42 Å². The molecule has 0 saturated heterocycles. The van der Waals surface area contributed by atoms with E-state index in [4.69, 9.17) is 4.98 Å². The van der Waals surface area contributed by atoms with Crippen molar-refractivity contribution in [3.05, 3.63) is 42.1 Å². The number of fused-ring (bicyclic) bond motifs is 1. The Hall–Kier alpha value is -2.61. The molecule has 0 aliphatic heterocycles. The maximum absolute atomic E-state index is 11.8. The molecule has 0 atom stereocenters. The van der Waals surface area contributed by atoms with Crippen LogP contribution in [0, 0.1) is 0 Å². The summed E-state index contributed by atoms with van der Waals surface area (Å²) in [5.74, 6) is 2.05. The summed E-state index contributed by atoms with van der Waals surface area (Å²) in [4.78, 5) is 4.98. The average Bonchev–Trinajstić information content (AvgIpc) is 3.34. The number of benzene rings is 1. The van der Waals surface area contributed by atoms with Crippen molar-refractivity contribution in [1.82, 2.24) is 14.6 Å². The van der Waals surface area contributed by atoms with Gasteiger partial charge in [0, 0.05) is 30.1 Å². The summed E-state index contributed by atoms with van der Waals surface area (Å²) in [6.45, 7) is 2.78. The first kappa shape index (κ1) is 16.8. The molecule has 2 heterocycles. The zero-order chi connectivity index (χ0) is 18.3. The van der Waals surface area contributed by atoms with E-state index in [1.165, 1.54) is 19.1 Å². The van der Waals surface area contributed by atoms with Crippen molar-refractivity contribution in [1.29, 1.82) is 0 Å². The second kappa shape index (κ2) is 6.28. The lowest BCUT2D eigenvalue weighted by Gasteiger charge is -2.12. The predicted molar refractivity (Wildman–Crippen MR) is 102 cm³/mol. The summed E-state index contributed by atoms with van der Waals surface area (Å²) in [7, 11) is -3.26. The number of nitrogens with zero attached hydrogens (tertiary/aromatic N) is 3. The van der Waals surface area contributed by atoms with E-state index in [0.717, 1.165) is 29.4 Å². The largest absolute Gasteiger partial charge is 0.370 e. The first-order valence-corrected chi connectivity index (χ1v) is 10.5. The third-order valence-electron chi connectivity index (χ3n) is 4.41. The lowest BCUT2D eigenvalue weighted by atomic mass is 10.2. The second-order valence-electron chi connectivity index (χ2n) is 6.59. The number of sulfone groups is 1. The summed E-state index contributed by atoms with van der Waals surface area (Å²) in [6, 6.07) is 8.65. The summed E-state index contributed by atoms with van der Waals surface area (Å²) >= 11 is 0. The Morgan fingerprint density at radius 3 is 2.77 bits per heavy atom. The fourth-order valence-corrected chi connectivity index (χ4v) is 3.64. The van der Waals surface area contributed by atoms with Crippen molar-refractivity contribution in [3.63, 3.8) is 0 Å². The number of rotatable bonds is 6. The van der Waals surface area contributed by atoms with Gasteiger partial charge in [0.05, 0.1) is 11.1 Å². The molecule has 1 aliphatic rings. The van der Waals surface area contributed by atoms with Gasteiger partial charge < -0.3 is 10.6 Å². The molecule has 8 heteroatoms. The molecule has 1 saturated carbocycles. The summed E-state index contributed by atoms with van der Waals surface area (Å²) in [5.41, 5.74) is 2.69. The van der Waals surface area contributed by atoms with Gasteiger partial charge in [0.2, 0.25) is 0 Å². The SMILES string of the molecule is CCNc1cc(Nc2cccc(S(C)(=O)=O)c2)n2ncc(C3CC3)c2n1. The molecule has 1 aliphatic carbocycles. The highest BCUT2D eigenvalue weighted by atomic mass is 32.2. The molecule has 0 amide bonds. The topological polar surface area (TPSA) is 88.4 Å². The molecular formula is C18H21N5O2S. The Bertz CT molecular complexity index is 1070. The van der Waals surface area contributed by atoms with Crippen LogP contribution in [0.1, 0.15) is 31.2 Å². The molecular weight excluding hydrogens is 350 g/mol. The van der Waals surface area contributed by atoms with Crippen LogP contribution < -0.4 is 10.6 Å². The maximum Gasteiger partial charge on any atom is 0.175 e. The van der Waals surface area contributed by atoms with Crippen LogP contribution in [0.5, 0.6) is 0 Å². The molecule has 1 fully saturated rings. The van der Waals surface area contributed by atoms with E-state index < -0.39 is 9.84 Å². The smallest absolute Gasteiger partial charge is 0.175 e. The van der Waals surface area contributed by atoms with Gasteiger partial charge in [-0.3, -0.25) is 0 Å². The molecule has 2 aromatic heterocycles. The predicted octanol–water partition coefficient (Wildman–Crippen LogP) is 3.19. The molecule has 3 aromatic rings. The lowest BCUT2D eigenvalue weighted by Crippen LogP contribution is -2.06. The minimum atomic E-state index is -3.26. The summed E-state index contributed by atoms with van der Waals surface area (Å²) < 4.78 is 25.4. The lowest BCUT2D eigenvalue weighted by molar-refractivity contribution is 0.602. The van der Waals surface area contributed by atoms with Gasteiger partial charge in [-0.25, -0.2) is 13.4 Å². The average molecular weight is 371 g/mol. The van der Waals surface area contributed by atoms with Crippen LogP contribution >= 0.6 is 0 Å². The van der Waals surface area contributed by atoms with E-state index in [-0.39, 0.29) is 4.90 Å². The molecule has 26 heavy (non-hydrogen) atoms. The highest BCUT2D eigenvalue weighted by Gasteiger charge is 2.28. The van der Waals surface area contributed by atoms with Crippen LogP contribution in [0.4, 0.5) is 17.3 Å². The van der Waals surface area contributed by atoms with E-state index >= 15 is 0 Å². The van der Waals surface area contributed by atoms with Gasteiger partial charge in [-0.15, -0.1) is 0 Å². The van der Waals surface area contributed by atoms with Gasteiger partial charge in [-0.1, -0.05) is 6.07 Å². The van der Waals surface area contributed by atoms with E-state index in [1.54, 1.807) is 22.7 Å². The van der Waals surface area contributed by atoms with Crippen LogP contribution in [0.15, 0.2) is 41.4 Å². The van der Waals surface area contributed by atoms with Gasteiger partial charge in [0.1, 0.15) is 11.6 Å². The summed E-state index contributed by atoms with van der Waals surface area (Å²) in [5, 5.41) is 11.0. The molecule has 136 valence electrons. The Kier molecular flexibility index (Phi) is 4.07. The van der Waals surface area contributed by atoms with Gasteiger partial charge in [-0.2, -0.15) is 9.61 Å². The standard InChI is InChI=1S/C18H21N5O2S/c1-3-19-16-10-17(21-13-5-4-6-14(9-13)26(2,24)25)23-18(22-16)15(11-20-23)12-7-8-12/h4-6,9-12,21H,3,7-8H2,1-2H3,(H,19,22). The minimum absolute atomic E-state index is 0.277. The molecule has 4 rings (SSSR count). The molecule has 0 unspecified atom stereocenters. The second-order valence-corrected chi connectivity index (χ2v) is 8.61. The van der Waals surface area contributed by atoms with Crippen molar-refractivity contribution >= 4 is 32.8 Å². The van der Waals surface area contributed by atoms with Crippen molar-refractivity contribution in [2.45, 2.75) is 30.6 Å². The fourth-order valence-electron chi connectivity index (χ4n) is 2.98.